The molecule has 0 unspecified atom stereocenters. The molecule has 2 amide bonds. The van der Waals surface area contributed by atoms with E-state index in [2.05, 4.69) is 20.2 Å². The molecule has 2 aliphatic rings. The van der Waals surface area contributed by atoms with Crippen molar-refractivity contribution in [2.45, 2.75) is 31.7 Å². The number of rotatable bonds is 7. The maximum atomic E-state index is 13.5. The Kier molecular flexibility index (Phi) is 6.93. The van der Waals surface area contributed by atoms with Gasteiger partial charge in [-0.2, -0.15) is 0 Å². The van der Waals surface area contributed by atoms with Gasteiger partial charge in [-0.25, -0.2) is 9.37 Å². The number of amides is 2. The zero-order valence-corrected chi connectivity index (χ0v) is 20.4. The van der Waals surface area contributed by atoms with Gasteiger partial charge in [-0.15, -0.1) is 0 Å². The second-order valence-electron chi connectivity index (χ2n) is 9.71. The molecule has 3 aromatic rings. The molecule has 2 aromatic heterocycles. The molecule has 1 saturated heterocycles. The van der Waals surface area contributed by atoms with Gasteiger partial charge in [-0.3, -0.25) is 14.6 Å². The first kappa shape index (κ1) is 23.9. The minimum absolute atomic E-state index is 0.0147. The van der Waals surface area contributed by atoms with Crippen LogP contribution in [0.5, 0.6) is 0 Å². The number of nitrogens with zero attached hydrogens (tertiary/aromatic N) is 4. The van der Waals surface area contributed by atoms with Crippen LogP contribution in [0.2, 0.25) is 0 Å². The van der Waals surface area contributed by atoms with Crippen LogP contribution in [0.3, 0.4) is 0 Å². The van der Waals surface area contributed by atoms with E-state index in [4.69, 9.17) is 0 Å². The summed E-state index contributed by atoms with van der Waals surface area (Å²) in [6.45, 7) is 2.35. The molecule has 36 heavy (non-hydrogen) atoms. The van der Waals surface area contributed by atoms with Gasteiger partial charge in [-0.05, 0) is 68.0 Å². The van der Waals surface area contributed by atoms with Crippen molar-refractivity contribution in [3.63, 3.8) is 0 Å². The second-order valence-corrected chi connectivity index (χ2v) is 9.71. The Hall–Kier alpha value is -3.81. The molecule has 1 saturated carbocycles. The summed E-state index contributed by atoms with van der Waals surface area (Å²) >= 11 is 0. The van der Waals surface area contributed by atoms with E-state index in [1.54, 1.807) is 35.4 Å². The molecule has 0 spiro atoms. The van der Waals surface area contributed by atoms with Crippen LogP contribution in [0.1, 0.15) is 46.4 Å². The van der Waals surface area contributed by atoms with Crippen molar-refractivity contribution in [2.24, 2.45) is 5.92 Å². The molecule has 3 heterocycles. The highest BCUT2D eigenvalue weighted by molar-refractivity contribution is 5.94. The average molecular weight is 488 g/mol. The van der Waals surface area contributed by atoms with Crippen molar-refractivity contribution >= 4 is 17.6 Å². The van der Waals surface area contributed by atoms with E-state index in [1.807, 2.05) is 19.2 Å². The van der Waals surface area contributed by atoms with Crippen LogP contribution in [0, 0.1) is 11.7 Å². The molecule has 186 valence electrons. The normalized spacial score (nSPS) is 16.0. The van der Waals surface area contributed by atoms with Gasteiger partial charge in [0, 0.05) is 50.7 Å². The van der Waals surface area contributed by atoms with Crippen molar-refractivity contribution < 1.29 is 14.0 Å². The van der Waals surface area contributed by atoms with Gasteiger partial charge >= 0.3 is 0 Å². The number of anilines is 1. The molecule has 1 aliphatic heterocycles. The number of piperidine rings is 1. The van der Waals surface area contributed by atoms with Crippen LogP contribution in [0.15, 0.2) is 60.9 Å². The maximum absolute atomic E-state index is 13.5. The fourth-order valence-corrected chi connectivity index (χ4v) is 4.56. The summed E-state index contributed by atoms with van der Waals surface area (Å²) in [5.41, 5.74) is 2.38. The SMILES string of the molecule is CN(CC1CC1)C(=O)c1ccc(N2CCC(NC(=O)c3ccc(-c4cccc(F)c4)nc3)CC2)nc1. The second kappa shape index (κ2) is 10.4. The van der Waals surface area contributed by atoms with E-state index >= 15 is 0 Å². The van der Waals surface area contributed by atoms with Crippen molar-refractivity contribution in [3.8, 4) is 11.3 Å². The average Bonchev–Trinajstić information content (AvgIpc) is 3.73. The Morgan fingerprint density at radius 2 is 1.75 bits per heavy atom. The van der Waals surface area contributed by atoms with Gasteiger partial charge in [0.2, 0.25) is 0 Å². The lowest BCUT2D eigenvalue weighted by Gasteiger charge is -2.33. The number of pyridine rings is 2. The zero-order chi connectivity index (χ0) is 25.1. The van der Waals surface area contributed by atoms with E-state index in [0.29, 0.717) is 28.3 Å². The first-order chi connectivity index (χ1) is 17.5. The quantitative estimate of drug-likeness (QED) is 0.541. The van der Waals surface area contributed by atoms with E-state index in [-0.39, 0.29) is 23.7 Å². The summed E-state index contributed by atoms with van der Waals surface area (Å²) in [7, 11) is 1.85. The molecule has 5 rings (SSSR count). The predicted octanol–water partition coefficient (Wildman–Crippen LogP) is 4.16. The van der Waals surface area contributed by atoms with E-state index < -0.39 is 0 Å². The van der Waals surface area contributed by atoms with Gasteiger partial charge in [0.25, 0.3) is 11.8 Å². The van der Waals surface area contributed by atoms with Gasteiger partial charge in [0.15, 0.2) is 0 Å². The van der Waals surface area contributed by atoms with Crippen LogP contribution in [0.4, 0.5) is 10.2 Å². The highest BCUT2D eigenvalue weighted by Crippen LogP contribution is 2.29. The zero-order valence-electron chi connectivity index (χ0n) is 20.4. The standard InChI is InChI=1S/C28H30FN5O2/c1-33(18-19-5-6-19)28(36)22-8-10-26(31-17-22)34-13-11-24(12-14-34)32-27(35)21-7-9-25(30-16-21)20-3-2-4-23(29)15-20/h2-4,7-10,15-17,19,24H,5-6,11-14,18H2,1H3,(H,32,35). The number of halogens is 1. The molecular weight excluding hydrogens is 457 g/mol. The van der Waals surface area contributed by atoms with Crippen LogP contribution in [-0.4, -0.2) is 59.4 Å². The lowest BCUT2D eigenvalue weighted by atomic mass is 10.0. The summed E-state index contributed by atoms with van der Waals surface area (Å²) in [5, 5.41) is 3.10. The Morgan fingerprint density at radius 1 is 1.00 bits per heavy atom. The fraction of sp³-hybridized carbons (Fsp3) is 0.357. The third-order valence-corrected chi connectivity index (χ3v) is 6.87. The summed E-state index contributed by atoms with van der Waals surface area (Å²) in [6, 6.07) is 13.5. The van der Waals surface area contributed by atoms with E-state index in [9.17, 15) is 14.0 Å². The Morgan fingerprint density at radius 3 is 2.39 bits per heavy atom. The minimum atomic E-state index is -0.321. The first-order valence-electron chi connectivity index (χ1n) is 12.5. The monoisotopic (exact) mass is 487 g/mol. The topological polar surface area (TPSA) is 78.4 Å². The molecule has 1 N–H and O–H groups in total. The number of hydrogen-bond donors (Lipinski definition) is 1. The Labute approximate surface area is 210 Å². The van der Waals surface area contributed by atoms with Gasteiger partial charge in [-0.1, -0.05) is 12.1 Å². The molecule has 7 nitrogen and oxygen atoms in total. The van der Waals surface area contributed by atoms with Crippen molar-refractivity contribution in [1.29, 1.82) is 0 Å². The molecule has 0 bridgehead atoms. The smallest absolute Gasteiger partial charge is 0.255 e. The highest BCUT2D eigenvalue weighted by atomic mass is 19.1. The van der Waals surface area contributed by atoms with Gasteiger partial charge < -0.3 is 15.1 Å². The highest BCUT2D eigenvalue weighted by Gasteiger charge is 2.26. The van der Waals surface area contributed by atoms with Gasteiger partial charge in [0.1, 0.15) is 11.6 Å². The summed E-state index contributed by atoms with van der Waals surface area (Å²) < 4.78 is 13.5. The number of carbonyl (C=O) groups excluding carboxylic acids is 2. The lowest BCUT2D eigenvalue weighted by Crippen LogP contribution is -2.45. The van der Waals surface area contributed by atoms with Gasteiger partial charge in [0.05, 0.1) is 16.8 Å². The summed E-state index contributed by atoms with van der Waals surface area (Å²) in [4.78, 5) is 38.1. The molecule has 1 aliphatic carbocycles. The van der Waals surface area contributed by atoms with Crippen LogP contribution in [0.25, 0.3) is 11.3 Å². The number of hydrogen-bond acceptors (Lipinski definition) is 5. The number of benzene rings is 1. The number of nitrogens with one attached hydrogen (secondary N) is 1. The largest absolute Gasteiger partial charge is 0.356 e. The van der Waals surface area contributed by atoms with Crippen LogP contribution >= 0.6 is 0 Å². The van der Waals surface area contributed by atoms with Crippen LogP contribution < -0.4 is 10.2 Å². The number of carbonyl (C=O) groups is 2. The van der Waals surface area contributed by atoms with E-state index in [1.165, 1.54) is 31.2 Å². The third kappa shape index (κ3) is 5.70. The van der Waals surface area contributed by atoms with E-state index in [0.717, 1.165) is 38.3 Å². The molecule has 8 heteroatoms. The molecule has 0 atom stereocenters. The summed E-state index contributed by atoms with van der Waals surface area (Å²) in [5.74, 6) is 1.03. The summed E-state index contributed by atoms with van der Waals surface area (Å²) in [6.07, 6.45) is 7.21. The predicted molar refractivity (Wildman–Crippen MR) is 136 cm³/mol. The first-order valence-corrected chi connectivity index (χ1v) is 12.5. The Balaban J connectivity index is 1.11. The molecule has 2 fully saturated rings. The lowest BCUT2D eigenvalue weighted by molar-refractivity contribution is 0.0788. The van der Waals surface area contributed by atoms with Crippen molar-refractivity contribution in [1.82, 2.24) is 20.2 Å². The minimum Gasteiger partial charge on any atom is -0.356 e. The van der Waals surface area contributed by atoms with Crippen molar-refractivity contribution in [3.05, 3.63) is 77.9 Å². The van der Waals surface area contributed by atoms with Crippen molar-refractivity contribution in [2.75, 3.05) is 31.6 Å². The van der Waals surface area contributed by atoms with Crippen LogP contribution in [-0.2, 0) is 0 Å². The molecule has 0 radical (unpaired) electrons. The Bertz CT molecular complexity index is 1220. The third-order valence-electron chi connectivity index (χ3n) is 6.87. The number of aromatic nitrogens is 2. The fourth-order valence-electron chi connectivity index (χ4n) is 4.56. The molecular formula is C28H30FN5O2. The maximum Gasteiger partial charge on any atom is 0.255 e. The molecule has 1 aromatic carbocycles.